The maximum Gasteiger partial charge on any atom is 0.253 e. The van der Waals surface area contributed by atoms with E-state index in [2.05, 4.69) is 21.2 Å². The van der Waals surface area contributed by atoms with Crippen LogP contribution in [0.3, 0.4) is 0 Å². The fourth-order valence-electron chi connectivity index (χ4n) is 3.36. The van der Waals surface area contributed by atoms with Crippen molar-refractivity contribution in [1.29, 1.82) is 0 Å². The highest BCUT2D eigenvalue weighted by molar-refractivity contribution is 9.10. The minimum atomic E-state index is -0.684. The van der Waals surface area contributed by atoms with Crippen LogP contribution in [0, 0.1) is 6.92 Å². The molecule has 1 heterocycles. The molecule has 112 valence electrons. The lowest BCUT2D eigenvalue weighted by Crippen LogP contribution is -2.67. The van der Waals surface area contributed by atoms with Crippen LogP contribution in [0.1, 0.15) is 37.7 Å². The second kappa shape index (κ2) is 5.44. The fourth-order valence-corrected chi connectivity index (χ4v) is 3.84. The zero-order valence-corrected chi connectivity index (χ0v) is 13.7. The molecule has 1 saturated carbocycles. The minimum absolute atomic E-state index is 0.0353. The molecule has 0 bridgehead atoms. The van der Waals surface area contributed by atoms with E-state index in [1.165, 1.54) is 0 Å². The van der Waals surface area contributed by atoms with Gasteiger partial charge in [-0.05, 0) is 47.3 Å². The molecule has 1 N–H and O–H groups in total. The average Bonchev–Trinajstić information content (AvgIpc) is 2.47. The van der Waals surface area contributed by atoms with Crippen molar-refractivity contribution in [3.8, 4) is 0 Å². The van der Waals surface area contributed by atoms with Gasteiger partial charge in [-0.25, -0.2) is 0 Å². The van der Waals surface area contributed by atoms with Gasteiger partial charge in [0.25, 0.3) is 5.91 Å². The van der Waals surface area contributed by atoms with Gasteiger partial charge in [0, 0.05) is 4.47 Å². The van der Waals surface area contributed by atoms with Crippen LogP contribution in [0.25, 0.3) is 0 Å². The van der Waals surface area contributed by atoms with E-state index in [9.17, 15) is 9.59 Å². The van der Waals surface area contributed by atoms with Crippen LogP contribution in [0.5, 0.6) is 0 Å². The largest absolute Gasteiger partial charge is 0.340 e. The molecule has 2 fully saturated rings. The van der Waals surface area contributed by atoms with Crippen LogP contribution in [0.4, 0.5) is 5.69 Å². The molecule has 1 aromatic rings. The van der Waals surface area contributed by atoms with E-state index < -0.39 is 5.54 Å². The van der Waals surface area contributed by atoms with E-state index in [4.69, 9.17) is 0 Å². The Kier molecular flexibility index (Phi) is 3.78. The highest BCUT2D eigenvalue weighted by Crippen LogP contribution is 2.36. The number of aryl methyl sites for hydroxylation is 1. The first-order valence-corrected chi connectivity index (χ1v) is 8.21. The highest BCUT2D eigenvalue weighted by atomic mass is 79.9. The Morgan fingerprint density at radius 2 is 1.90 bits per heavy atom. The van der Waals surface area contributed by atoms with Crippen molar-refractivity contribution in [2.75, 3.05) is 11.4 Å². The van der Waals surface area contributed by atoms with Crippen molar-refractivity contribution < 1.29 is 9.59 Å². The van der Waals surface area contributed by atoms with Gasteiger partial charge in [0.2, 0.25) is 5.91 Å². The second-order valence-corrected chi connectivity index (χ2v) is 6.78. The van der Waals surface area contributed by atoms with Gasteiger partial charge < -0.3 is 5.32 Å². The number of halogens is 1. The van der Waals surface area contributed by atoms with Gasteiger partial charge >= 0.3 is 0 Å². The van der Waals surface area contributed by atoms with E-state index in [-0.39, 0.29) is 18.4 Å². The molecular weight excluding hydrogens is 332 g/mol. The van der Waals surface area contributed by atoms with Crippen molar-refractivity contribution in [3.63, 3.8) is 0 Å². The maximum atomic E-state index is 13.0. The van der Waals surface area contributed by atoms with E-state index in [0.29, 0.717) is 0 Å². The van der Waals surface area contributed by atoms with Crippen molar-refractivity contribution >= 4 is 33.4 Å². The van der Waals surface area contributed by atoms with Gasteiger partial charge in [-0.2, -0.15) is 0 Å². The van der Waals surface area contributed by atoms with E-state index in [1.54, 1.807) is 4.90 Å². The highest BCUT2D eigenvalue weighted by Gasteiger charge is 2.47. The third-order valence-electron chi connectivity index (χ3n) is 4.50. The summed E-state index contributed by atoms with van der Waals surface area (Å²) in [5, 5.41) is 2.97. The molecule has 1 spiro atoms. The number of hydrogen-bond acceptors (Lipinski definition) is 2. The molecule has 21 heavy (non-hydrogen) atoms. The Balaban J connectivity index is 2.00. The fraction of sp³-hybridized carbons (Fsp3) is 0.500. The number of piperazine rings is 1. The van der Waals surface area contributed by atoms with Crippen LogP contribution in [0.15, 0.2) is 22.7 Å². The summed E-state index contributed by atoms with van der Waals surface area (Å²) in [5.74, 6) is -0.0296. The normalized spacial score (nSPS) is 21.5. The van der Waals surface area contributed by atoms with Crippen molar-refractivity contribution in [3.05, 3.63) is 28.2 Å². The second-order valence-electron chi connectivity index (χ2n) is 5.99. The SMILES string of the molecule is Cc1cccc(N2CC(=O)NC3(CCCCC3)C2=O)c1Br. The van der Waals surface area contributed by atoms with E-state index in [0.717, 1.165) is 47.8 Å². The molecule has 5 heteroatoms. The van der Waals surface area contributed by atoms with Gasteiger partial charge in [0.05, 0.1) is 5.69 Å². The molecule has 1 aromatic carbocycles. The number of hydrogen-bond donors (Lipinski definition) is 1. The molecule has 0 radical (unpaired) electrons. The van der Waals surface area contributed by atoms with Gasteiger partial charge in [0.1, 0.15) is 12.1 Å². The average molecular weight is 351 g/mol. The Morgan fingerprint density at radius 3 is 2.62 bits per heavy atom. The van der Waals surface area contributed by atoms with Crippen LogP contribution >= 0.6 is 15.9 Å². The van der Waals surface area contributed by atoms with Gasteiger partial charge in [-0.15, -0.1) is 0 Å². The van der Waals surface area contributed by atoms with E-state index in [1.807, 2.05) is 25.1 Å². The van der Waals surface area contributed by atoms with Gasteiger partial charge in [0.15, 0.2) is 0 Å². The third-order valence-corrected chi connectivity index (χ3v) is 5.54. The lowest BCUT2D eigenvalue weighted by molar-refractivity contribution is -0.137. The van der Waals surface area contributed by atoms with Crippen molar-refractivity contribution in [1.82, 2.24) is 5.32 Å². The van der Waals surface area contributed by atoms with Crippen LogP contribution < -0.4 is 10.2 Å². The first kappa shape index (κ1) is 14.6. The lowest BCUT2D eigenvalue weighted by atomic mass is 9.79. The summed E-state index contributed by atoms with van der Waals surface area (Å²) < 4.78 is 0.888. The Bertz CT molecular complexity index is 594. The molecule has 2 aliphatic rings. The molecule has 1 aliphatic carbocycles. The Hall–Kier alpha value is -1.36. The maximum absolute atomic E-state index is 13.0. The molecule has 1 saturated heterocycles. The minimum Gasteiger partial charge on any atom is -0.340 e. The molecule has 2 amide bonds. The van der Waals surface area contributed by atoms with E-state index >= 15 is 0 Å². The van der Waals surface area contributed by atoms with Crippen molar-refractivity contribution in [2.24, 2.45) is 0 Å². The monoisotopic (exact) mass is 350 g/mol. The van der Waals surface area contributed by atoms with Gasteiger partial charge in [-0.3, -0.25) is 14.5 Å². The molecule has 3 rings (SSSR count). The summed E-state index contributed by atoms with van der Waals surface area (Å²) in [7, 11) is 0. The Labute approximate surface area is 133 Å². The number of carbonyl (C=O) groups is 2. The zero-order valence-electron chi connectivity index (χ0n) is 12.1. The number of anilines is 1. The number of carbonyl (C=O) groups excluding carboxylic acids is 2. The van der Waals surface area contributed by atoms with Crippen molar-refractivity contribution in [2.45, 2.75) is 44.6 Å². The molecule has 4 nitrogen and oxygen atoms in total. The Morgan fingerprint density at radius 1 is 1.19 bits per heavy atom. The number of rotatable bonds is 1. The first-order chi connectivity index (χ1) is 10.0. The predicted octanol–water partition coefficient (Wildman–Crippen LogP) is 2.92. The van der Waals surface area contributed by atoms with Gasteiger partial charge in [-0.1, -0.05) is 31.4 Å². The smallest absolute Gasteiger partial charge is 0.253 e. The zero-order chi connectivity index (χ0) is 15.0. The summed E-state index contributed by atoms with van der Waals surface area (Å²) in [4.78, 5) is 26.8. The van der Waals surface area contributed by atoms with Crippen LogP contribution in [-0.2, 0) is 9.59 Å². The number of amides is 2. The summed E-state index contributed by atoms with van der Waals surface area (Å²) in [5.41, 5.74) is 1.17. The van der Waals surface area contributed by atoms with Crippen LogP contribution in [0.2, 0.25) is 0 Å². The number of benzene rings is 1. The molecule has 0 aromatic heterocycles. The molecule has 0 atom stereocenters. The number of nitrogens with zero attached hydrogens (tertiary/aromatic N) is 1. The van der Waals surface area contributed by atoms with Crippen LogP contribution in [-0.4, -0.2) is 23.9 Å². The standard InChI is InChI=1S/C16H19BrN2O2/c1-11-6-5-7-12(14(11)17)19-10-13(20)18-16(15(19)21)8-3-2-4-9-16/h5-7H,2-4,8-10H2,1H3,(H,18,20). The summed E-state index contributed by atoms with van der Waals surface area (Å²) in [6, 6.07) is 5.80. The summed E-state index contributed by atoms with van der Waals surface area (Å²) in [6.07, 6.45) is 4.62. The topological polar surface area (TPSA) is 49.4 Å². The molecular formula is C16H19BrN2O2. The summed E-state index contributed by atoms with van der Waals surface area (Å²) >= 11 is 3.55. The summed E-state index contributed by atoms with van der Waals surface area (Å²) in [6.45, 7) is 2.08. The lowest BCUT2D eigenvalue weighted by Gasteiger charge is -2.44. The molecule has 1 aliphatic heterocycles. The molecule has 0 unspecified atom stereocenters. The predicted molar refractivity (Wildman–Crippen MR) is 85.2 cm³/mol. The third kappa shape index (κ3) is 2.48. The first-order valence-electron chi connectivity index (χ1n) is 7.42. The number of nitrogens with one attached hydrogen (secondary N) is 1. The quantitative estimate of drug-likeness (QED) is 0.846.